The van der Waals surface area contributed by atoms with Crippen LogP contribution in [0.1, 0.15) is 15.9 Å². The fourth-order valence-corrected chi connectivity index (χ4v) is 1.43. The number of rotatable bonds is 2. The molecular formula is C9H8NO5-. The largest absolute Gasteiger partial charge is 0.733 e. The summed E-state index contributed by atoms with van der Waals surface area (Å²) in [6.45, 7) is 0.325. The van der Waals surface area contributed by atoms with E-state index in [9.17, 15) is 10.0 Å². The molecule has 2 rings (SSSR count). The number of nitrogens with zero attached hydrogens (tertiary/aromatic N) is 1. The Hall–Kier alpha value is -1.63. The number of ether oxygens (including phenoxy) is 2. The highest BCUT2D eigenvalue weighted by molar-refractivity contribution is 5.83. The molecule has 0 saturated heterocycles. The number of anilines is 1. The normalized spacial score (nSPS) is 14.0. The second-order valence-corrected chi connectivity index (χ2v) is 3.02. The summed E-state index contributed by atoms with van der Waals surface area (Å²) >= 11 is 0. The third-order valence-electron chi connectivity index (χ3n) is 2.07. The van der Waals surface area contributed by atoms with Gasteiger partial charge in [-0.05, 0) is 12.1 Å². The van der Waals surface area contributed by atoms with Crippen LogP contribution in [0.3, 0.4) is 0 Å². The lowest BCUT2D eigenvalue weighted by molar-refractivity contribution is -0.0166. The van der Waals surface area contributed by atoms with Crippen molar-refractivity contribution < 1.29 is 19.5 Å². The van der Waals surface area contributed by atoms with Crippen LogP contribution < -0.4 is 9.96 Å². The van der Waals surface area contributed by atoms with Crippen LogP contribution in [-0.2, 0) is 11.3 Å². The second kappa shape index (κ2) is 3.85. The van der Waals surface area contributed by atoms with Gasteiger partial charge in [-0.3, -0.25) is 10.0 Å². The van der Waals surface area contributed by atoms with E-state index >= 15 is 0 Å². The molecule has 1 aliphatic heterocycles. The van der Waals surface area contributed by atoms with Gasteiger partial charge in [0.25, 0.3) is 0 Å². The van der Waals surface area contributed by atoms with Gasteiger partial charge >= 0.3 is 0 Å². The van der Waals surface area contributed by atoms with Crippen LogP contribution in [0.5, 0.6) is 5.75 Å². The average molecular weight is 210 g/mol. The molecule has 0 saturated carbocycles. The Morgan fingerprint density at radius 2 is 2.33 bits per heavy atom. The first kappa shape index (κ1) is 9.91. The maximum Gasteiger partial charge on any atom is 0.189 e. The van der Waals surface area contributed by atoms with Gasteiger partial charge in [0.1, 0.15) is 5.75 Å². The van der Waals surface area contributed by atoms with Gasteiger partial charge in [-0.1, -0.05) is 0 Å². The minimum absolute atomic E-state index is 0.0232. The molecule has 0 unspecified atom stereocenters. The first-order valence-electron chi connectivity index (χ1n) is 4.21. The SMILES string of the molecule is O=Cc1cc(N([O-])O)cc2c1OCOC2. The number of benzene rings is 1. The molecule has 1 aromatic rings. The summed E-state index contributed by atoms with van der Waals surface area (Å²) in [6, 6.07) is 2.67. The van der Waals surface area contributed by atoms with Crippen LogP contribution in [0, 0.1) is 5.21 Å². The van der Waals surface area contributed by atoms with E-state index in [0.29, 0.717) is 17.6 Å². The maximum absolute atomic E-state index is 10.7. The number of carbonyl (C=O) groups excluding carboxylic acids is 1. The third kappa shape index (κ3) is 1.78. The standard InChI is InChI=1S/C9H8NO5/c11-3-6-1-8(10(12)13)2-7-4-14-5-15-9(6)7/h1-3,12H,4-5H2/q-1. The van der Waals surface area contributed by atoms with Crippen molar-refractivity contribution in [2.75, 3.05) is 12.0 Å². The number of aldehydes is 1. The Bertz CT molecular complexity index is 390. The van der Waals surface area contributed by atoms with Gasteiger partial charge in [-0.15, -0.1) is 0 Å². The summed E-state index contributed by atoms with van der Waals surface area (Å²) in [5, 5.41) is 19.1. The smallest absolute Gasteiger partial charge is 0.189 e. The minimum Gasteiger partial charge on any atom is -0.733 e. The van der Waals surface area contributed by atoms with Gasteiger partial charge in [0.05, 0.1) is 17.9 Å². The Morgan fingerprint density at radius 1 is 1.53 bits per heavy atom. The summed E-state index contributed by atoms with van der Waals surface area (Å²) in [6.07, 6.45) is 0.567. The minimum atomic E-state index is -0.304. The van der Waals surface area contributed by atoms with Crippen molar-refractivity contribution >= 4 is 12.0 Å². The van der Waals surface area contributed by atoms with Crippen molar-refractivity contribution in [3.8, 4) is 5.75 Å². The van der Waals surface area contributed by atoms with Gasteiger partial charge in [0.15, 0.2) is 13.1 Å². The molecule has 80 valence electrons. The molecule has 0 radical (unpaired) electrons. The van der Waals surface area contributed by atoms with Crippen molar-refractivity contribution in [2.24, 2.45) is 0 Å². The van der Waals surface area contributed by atoms with Crippen molar-refractivity contribution in [1.82, 2.24) is 0 Å². The van der Waals surface area contributed by atoms with E-state index in [1.54, 1.807) is 0 Å². The zero-order chi connectivity index (χ0) is 10.8. The zero-order valence-corrected chi connectivity index (χ0v) is 7.67. The molecule has 0 amide bonds. The quantitative estimate of drug-likeness (QED) is 0.580. The Balaban J connectivity index is 2.52. The molecular weight excluding hydrogens is 202 g/mol. The monoisotopic (exact) mass is 210 g/mol. The van der Waals surface area contributed by atoms with E-state index in [1.807, 2.05) is 0 Å². The number of fused-ring (bicyclic) bond motifs is 1. The third-order valence-corrected chi connectivity index (χ3v) is 2.07. The fourth-order valence-electron chi connectivity index (χ4n) is 1.43. The highest BCUT2D eigenvalue weighted by atomic mass is 16.8. The molecule has 0 fully saturated rings. The maximum atomic E-state index is 10.7. The molecule has 0 bridgehead atoms. The van der Waals surface area contributed by atoms with Crippen LogP contribution in [0.15, 0.2) is 12.1 Å². The van der Waals surface area contributed by atoms with Crippen molar-refractivity contribution in [3.63, 3.8) is 0 Å². The van der Waals surface area contributed by atoms with Crippen LogP contribution >= 0.6 is 0 Å². The van der Waals surface area contributed by atoms with E-state index in [2.05, 4.69) is 0 Å². The van der Waals surface area contributed by atoms with E-state index in [4.69, 9.17) is 14.7 Å². The van der Waals surface area contributed by atoms with E-state index in [1.165, 1.54) is 12.1 Å². The van der Waals surface area contributed by atoms with Gasteiger partial charge in [-0.25, -0.2) is 0 Å². The van der Waals surface area contributed by atoms with Crippen molar-refractivity contribution in [1.29, 1.82) is 0 Å². The molecule has 15 heavy (non-hydrogen) atoms. The summed E-state index contributed by atoms with van der Waals surface area (Å²) in [5.41, 5.74) is 0.765. The second-order valence-electron chi connectivity index (χ2n) is 3.02. The van der Waals surface area contributed by atoms with Crippen molar-refractivity contribution in [2.45, 2.75) is 6.61 Å². The number of carbonyl (C=O) groups is 1. The number of hydrogen-bond acceptors (Lipinski definition) is 6. The van der Waals surface area contributed by atoms with Crippen LogP contribution in [-0.4, -0.2) is 18.3 Å². The van der Waals surface area contributed by atoms with Gasteiger partial charge in [0, 0.05) is 5.56 Å². The van der Waals surface area contributed by atoms with E-state index in [0.717, 1.165) is 0 Å². The lowest BCUT2D eigenvalue weighted by atomic mass is 10.1. The lowest BCUT2D eigenvalue weighted by Crippen LogP contribution is -2.15. The summed E-state index contributed by atoms with van der Waals surface area (Å²) < 4.78 is 10.1. The first-order valence-corrected chi connectivity index (χ1v) is 4.21. The van der Waals surface area contributed by atoms with Crippen LogP contribution in [0.2, 0.25) is 0 Å². The summed E-state index contributed by atoms with van der Waals surface area (Å²) in [4.78, 5) is 10.7. The Kier molecular flexibility index (Phi) is 2.55. The molecule has 6 nitrogen and oxygen atoms in total. The Labute approximate surface area is 85.2 Å². The summed E-state index contributed by atoms with van der Waals surface area (Å²) in [7, 11) is 0. The highest BCUT2D eigenvalue weighted by Gasteiger charge is 2.16. The van der Waals surface area contributed by atoms with E-state index in [-0.39, 0.29) is 29.9 Å². The molecule has 1 aliphatic rings. The van der Waals surface area contributed by atoms with Crippen LogP contribution in [0.4, 0.5) is 5.69 Å². The molecule has 0 spiro atoms. The molecule has 1 aromatic carbocycles. The van der Waals surface area contributed by atoms with Crippen molar-refractivity contribution in [3.05, 3.63) is 28.5 Å². The lowest BCUT2D eigenvalue weighted by Gasteiger charge is -2.25. The molecule has 0 atom stereocenters. The molecule has 1 heterocycles. The van der Waals surface area contributed by atoms with Gasteiger partial charge in [-0.2, -0.15) is 0 Å². The summed E-state index contributed by atoms with van der Waals surface area (Å²) in [5.74, 6) is 0.404. The van der Waals surface area contributed by atoms with E-state index < -0.39 is 0 Å². The van der Waals surface area contributed by atoms with Gasteiger partial charge in [0.2, 0.25) is 0 Å². The van der Waals surface area contributed by atoms with Gasteiger partial charge < -0.3 is 19.9 Å². The molecule has 0 aromatic heterocycles. The predicted octanol–water partition coefficient (Wildman–Crippen LogP) is 1.06. The molecule has 6 heteroatoms. The molecule has 0 aliphatic carbocycles. The fraction of sp³-hybridized carbons (Fsp3) is 0.222. The zero-order valence-electron chi connectivity index (χ0n) is 7.67. The average Bonchev–Trinajstić information content (AvgIpc) is 2.27. The molecule has 1 N–H and O–H groups in total. The number of hydrogen-bond donors (Lipinski definition) is 1. The predicted molar refractivity (Wildman–Crippen MR) is 49.7 cm³/mol. The van der Waals surface area contributed by atoms with Crippen LogP contribution in [0.25, 0.3) is 0 Å². The Morgan fingerprint density at radius 3 is 3.00 bits per heavy atom. The highest BCUT2D eigenvalue weighted by Crippen LogP contribution is 2.31. The topological polar surface area (TPSA) is 82.1 Å². The first-order chi connectivity index (χ1) is 7.22.